The summed E-state index contributed by atoms with van der Waals surface area (Å²) in [5.74, 6) is -1.77. The fourth-order valence-corrected chi connectivity index (χ4v) is 2.29. The monoisotopic (exact) mass is 318 g/mol. The Morgan fingerprint density at radius 2 is 1.90 bits per heavy atom. The fraction of sp³-hybridized carbons (Fsp3) is 0.250. The second kappa shape index (κ2) is 5.76. The van der Waals surface area contributed by atoms with Crippen molar-refractivity contribution in [2.45, 2.75) is 12.1 Å². The average Bonchev–Trinajstić information content (AvgIpc) is 2.40. The minimum atomic E-state index is -4.41. The van der Waals surface area contributed by atoms with Crippen LogP contribution in [-0.2, 0) is 6.54 Å². The molecule has 0 atom stereocenters. The van der Waals surface area contributed by atoms with Crippen molar-refractivity contribution in [1.29, 1.82) is 0 Å². The highest BCUT2D eigenvalue weighted by Gasteiger charge is 2.27. The van der Waals surface area contributed by atoms with Crippen LogP contribution in [0.4, 0.5) is 13.2 Å². The van der Waals surface area contributed by atoms with Gasteiger partial charge in [-0.1, -0.05) is 18.2 Å². The number of carboxylic acid groups (broad SMARTS) is 1. The molecule has 0 saturated heterocycles. The Bertz CT molecular complexity index is 743. The molecule has 1 heterocycles. The second-order valence-electron chi connectivity index (χ2n) is 4.02. The van der Waals surface area contributed by atoms with Gasteiger partial charge >= 0.3 is 11.5 Å². The molecule has 0 spiro atoms. The van der Waals surface area contributed by atoms with Gasteiger partial charge < -0.3 is 5.11 Å². The molecule has 0 unspecified atom stereocenters. The van der Waals surface area contributed by atoms with Gasteiger partial charge in [-0.2, -0.15) is 18.3 Å². The number of aromatic nitrogens is 2. The summed E-state index contributed by atoms with van der Waals surface area (Å²) in [5, 5.41) is 13.0. The number of carboxylic acids is 1. The Kier molecular flexibility index (Phi) is 4.21. The number of aromatic carboxylic acids is 1. The molecule has 112 valence electrons. The van der Waals surface area contributed by atoms with Gasteiger partial charge in [0.1, 0.15) is 0 Å². The Hall–Kier alpha value is -2.03. The quantitative estimate of drug-likeness (QED) is 0.937. The van der Waals surface area contributed by atoms with Gasteiger partial charge in [0.15, 0.2) is 5.69 Å². The lowest BCUT2D eigenvalue weighted by Gasteiger charge is -2.09. The molecule has 9 heteroatoms. The molecule has 0 amide bonds. The molecule has 5 nitrogen and oxygen atoms in total. The Morgan fingerprint density at radius 3 is 2.48 bits per heavy atom. The lowest BCUT2D eigenvalue weighted by Crippen LogP contribution is -2.27. The van der Waals surface area contributed by atoms with E-state index in [1.54, 1.807) is 12.1 Å². The number of hydrogen-bond donors (Lipinski definition) is 1. The molecule has 0 saturated carbocycles. The lowest BCUT2D eigenvalue weighted by atomic mass is 10.1. The first-order valence-corrected chi connectivity index (χ1v) is 6.72. The highest BCUT2D eigenvalue weighted by atomic mass is 32.2. The number of rotatable bonds is 4. The largest absolute Gasteiger partial charge is 0.476 e. The summed E-state index contributed by atoms with van der Waals surface area (Å²) in [6.07, 6.45) is 0. The van der Waals surface area contributed by atoms with Crippen molar-refractivity contribution >= 4 is 28.5 Å². The van der Waals surface area contributed by atoms with Gasteiger partial charge in [0.25, 0.3) is 5.56 Å². The number of thioether (sulfide) groups is 1. The maximum atomic E-state index is 12.1. The SMILES string of the molecule is O=C(O)c1nn(CCSC(F)(F)F)c(=O)c2ccccc12. The Balaban J connectivity index is 2.43. The van der Waals surface area contributed by atoms with Gasteiger partial charge in [-0.05, 0) is 17.8 Å². The highest BCUT2D eigenvalue weighted by molar-refractivity contribution is 8.00. The predicted octanol–water partition coefficient (Wildman–Crippen LogP) is 2.35. The van der Waals surface area contributed by atoms with Crippen LogP contribution < -0.4 is 5.56 Å². The van der Waals surface area contributed by atoms with Crippen molar-refractivity contribution in [3.8, 4) is 0 Å². The number of nitrogens with zero attached hydrogens (tertiary/aromatic N) is 2. The predicted molar refractivity (Wildman–Crippen MR) is 71.5 cm³/mol. The molecule has 0 aliphatic carbocycles. The van der Waals surface area contributed by atoms with E-state index in [1.165, 1.54) is 12.1 Å². The first-order valence-electron chi connectivity index (χ1n) is 5.73. The van der Waals surface area contributed by atoms with E-state index in [0.29, 0.717) is 0 Å². The molecule has 0 bridgehead atoms. The Morgan fingerprint density at radius 1 is 1.29 bits per heavy atom. The summed E-state index contributed by atoms with van der Waals surface area (Å²) in [6.45, 7) is -0.325. The molecule has 0 aliphatic heterocycles. The van der Waals surface area contributed by atoms with Crippen LogP contribution in [0.1, 0.15) is 10.5 Å². The number of hydrogen-bond acceptors (Lipinski definition) is 4. The first-order chi connectivity index (χ1) is 9.79. The minimum absolute atomic E-state index is 0.113. The summed E-state index contributed by atoms with van der Waals surface area (Å²) in [7, 11) is 0. The van der Waals surface area contributed by atoms with Gasteiger partial charge in [0, 0.05) is 11.1 Å². The summed E-state index contributed by atoms with van der Waals surface area (Å²) in [5.41, 5.74) is -5.38. The van der Waals surface area contributed by atoms with Gasteiger partial charge in [0.2, 0.25) is 0 Å². The van der Waals surface area contributed by atoms with E-state index in [-0.39, 0.29) is 34.8 Å². The lowest BCUT2D eigenvalue weighted by molar-refractivity contribution is -0.0328. The van der Waals surface area contributed by atoms with Gasteiger partial charge in [-0.3, -0.25) is 4.79 Å². The van der Waals surface area contributed by atoms with Crippen molar-refractivity contribution in [3.05, 3.63) is 40.3 Å². The topological polar surface area (TPSA) is 72.2 Å². The van der Waals surface area contributed by atoms with Crippen LogP contribution in [0.3, 0.4) is 0 Å². The van der Waals surface area contributed by atoms with Gasteiger partial charge in [-0.25, -0.2) is 9.48 Å². The van der Waals surface area contributed by atoms with Crippen molar-refractivity contribution in [3.63, 3.8) is 0 Å². The number of benzene rings is 1. The van der Waals surface area contributed by atoms with E-state index in [1.807, 2.05) is 0 Å². The number of alkyl halides is 3. The van der Waals surface area contributed by atoms with E-state index in [4.69, 9.17) is 5.11 Å². The molecule has 2 rings (SSSR count). The zero-order chi connectivity index (χ0) is 15.6. The third kappa shape index (κ3) is 3.54. The normalized spacial score (nSPS) is 11.8. The number of carbonyl (C=O) groups is 1. The van der Waals surface area contributed by atoms with E-state index >= 15 is 0 Å². The van der Waals surface area contributed by atoms with Crippen molar-refractivity contribution in [1.82, 2.24) is 9.78 Å². The summed E-state index contributed by atoms with van der Waals surface area (Å²) in [4.78, 5) is 23.2. The summed E-state index contributed by atoms with van der Waals surface area (Å²) in [6, 6.07) is 5.95. The summed E-state index contributed by atoms with van der Waals surface area (Å²) >= 11 is -0.290. The van der Waals surface area contributed by atoms with Crippen LogP contribution >= 0.6 is 11.8 Å². The summed E-state index contributed by atoms with van der Waals surface area (Å²) < 4.78 is 37.0. The van der Waals surface area contributed by atoms with Crippen molar-refractivity contribution < 1.29 is 23.1 Å². The number of fused-ring (bicyclic) bond motifs is 1. The van der Waals surface area contributed by atoms with E-state index < -0.39 is 22.8 Å². The number of halogens is 3. The molecular formula is C12H9F3N2O3S. The molecule has 1 N–H and O–H groups in total. The second-order valence-corrected chi connectivity index (χ2v) is 5.18. The van der Waals surface area contributed by atoms with Gasteiger partial charge in [0.05, 0.1) is 11.9 Å². The minimum Gasteiger partial charge on any atom is -0.476 e. The standard InChI is InChI=1S/C12H9F3N2O3S/c13-12(14,15)21-6-5-17-10(18)8-4-2-1-3-7(8)9(16-17)11(19)20/h1-4H,5-6H2,(H,19,20). The van der Waals surface area contributed by atoms with E-state index in [2.05, 4.69) is 5.10 Å². The third-order valence-corrected chi connectivity index (χ3v) is 3.35. The maximum Gasteiger partial charge on any atom is 0.441 e. The van der Waals surface area contributed by atoms with Gasteiger partial charge in [-0.15, -0.1) is 0 Å². The van der Waals surface area contributed by atoms with E-state index in [0.717, 1.165) is 4.68 Å². The molecule has 1 aromatic heterocycles. The molecule has 0 aliphatic rings. The van der Waals surface area contributed by atoms with Crippen LogP contribution in [0.25, 0.3) is 10.8 Å². The molecule has 1 aromatic carbocycles. The zero-order valence-electron chi connectivity index (χ0n) is 10.4. The number of aryl methyl sites for hydroxylation is 1. The van der Waals surface area contributed by atoms with Crippen LogP contribution in [0.5, 0.6) is 0 Å². The van der Waals surface area contributed by atoms with Crippen LogP contribution in [0.2, 0.25) is 0 Å². The smallest absolute Gasteiger partial charge is 0.441 e. The maximum absolute atomic E-state index is 12.1. The molecule has 21 heavy (non-hydrogen) atoms. The van der Waals surface area contributed by atoms with Crippen molar-refractivity contribution in [2.24, 2.45) is 0 Å². The average molecular weight is 318 g/mol. The first kappa shape index (κ1) is 15.4. The van der Waals surface area contributed by atoms with E-state index in [9.17, 15) is 22.8 Å². The fourth-order valence-electron chi connectivity index (χ4n) is 1.79. The molecule has 0 radical (unpaired) electrons. The van der Waals surface area contributed by atoms with Crippen LogP contribution in [0.15, 0.2) is 29.1 Å². The van der Waals surface area contributed by atoms with Crippen LogP contribution in [-0.4, -0.2) is 32.1 Å². The third-order valence-electron chi connectivity index (χ3n) is 2.64. The zero-order valence-corrected chi connectivity index (χ0v) is 11.2. The molecule has 2 aromatic rings. The Labute approximate surface area is 120 Å². The van der Waals surface area contributed by atoms with Crippen molar-refractivity contribution in [2.75, 3.05) is 5.75 Å². The molecular weight excluding hydrogens is 309 g/mol. The highest BCUT2D eigenvalue weighted by Crippen LogP contribution is 2.29. The van der Waals surface area contributed by atoms with Crippen LogP contribution in [0, 0.1) is 0 Å². The molecule has 0 fully saturated rings.